The Morgan fingerprint density at radius 2 is 1.63 bits per heavy atom. The molecule has 0 amide bonds. The number of hydrogen-bond donors (Lipinski definition) is 0. The van der Waals surface area contributed by atoms with E-state index in [2.05, 4.69) is 37.0 Å². The van der Waals surface area contributed by atoms with E-state index >= 15 is 0 Å². The van der Waals surface area contributed by atoms with Crippen molar-refractivity contribution in [2.24, 2.45) is 5.16 Å². The van der Waals surface area contributed by atoms with Gasteiger partial charge in [0.25, 0.3) is 0 Å². The van der Waals surface area contributed by atoms with E-state index in [4.69, 9.17) is 19.0 Å². The highest BCUT2D eigenvalue weighted by Gasteiger charge is 2.07. The van der Waals surface area contributed by atoms with Gasteiger partial charge in [-0.25, -0.2) is 0 Å². The van der Waals surface area contributed by atoms with Crippen LogP contribution >= 0.6 is 31.9 Å². The van der Waals surface area contributed by atoms with Crippen LogP contribution in [0.1, 0.15) is 37.8 Å². The standard InChI is InChI=1S/C20H29Br2NO4/c1-15(2)23-27-12-11-24-8-5-6-9-26-20-16(3)13-18(14-17(20)4)25-10-7-19(21)22/h7,13-14H,5-6,8-12H2,1-4H3. The molecular weight excluding hydrogens is 478 g/mol. The number of ether oxygens (including phenoxy) is 3. The van der Waals surface area contributed by atoms with Crippen molar-refractivity contribution in [1.29, 1.82) is 0 Å². The number of rotatable bonds is 13. The molecule has 1 aromatic carbocycles. The van der Waals surface area contributed by atoms with Crippen molar-refractivity contribution in [2.45, 2.75) is 40.5 Å². The molecule has 0 atom stereocenters. The van der Waals surface area contributed by atoms with Crippen molar-refractivity contribution in [1.82, 2.24) is 0 Å². The van der Waals surface area contributed by atoms with E-state index in [1.807, 2.05) is 45.9 Å². The minimum Gasteiger partial charge on any atom is -0.493 e. The molecule has 0 saturated carbocycles. The van der Waals surface area contributed by atoms with Crippen molar-refractivity contribution >= 4 is 37.6 Å². The Labute approximate surface area is 179 Å². The molecule has 7 heteroatoms. The predicted molar refractivity (Wildman–Crippen MR) is 118 cm³/mol. The van der Waals surface area contributed by atoms with Crippen molar-refractivity contribution in [2.75, 3.05) is 33.0 Å². The van der Waals surface area contributed by atoms with Gasteiger partial charge in [-0.2, -0.15) is 0 Å². The molecule has 0 saturated heterocycles. The SMILES string of the molecule is CC(C)=NOCCOCCCCOc1c(C)cc(OCC=C(Br)Br)cc1C. The molecule has 0 aliphatic heterocycles. The second-order valence-corrected chi connectivity index (χ2v) is 9.00. The third-order valence-electron chi connectivity index (χ3n) is 3.42. The monoisotopic (exact) mass is 505 g/mol. The summed E-state index contributed by atoms with van der Waals surface area (Å²) in [4.78, 5) is 5.07. The molecule has 0 spiro atoms. The third kappa shape index (κ3) is 11.4. The van der Waals surface area contributed by atoms with E-state index in [-0.39, 0.29) is 0 Å². The smallest absolute Gasteiger partial charge is 0.140 e. The van der Waals surface area contributed by atoms with Gasteiger partial charge >= 0.3 is 0 Å². The average molecular weight is 507 g/mol. The van der Waals surface area contributed by atoms with E-state index in [9.17, 15) is 0 Å². The van der Waals surface area contributed by atoms with Crippen LogP contribution in [0.3, 0.4) is 0 Å². The third-order valence-corrected chi connectivity index (χ3v) is 4.06. The van der Waals surface area contributed by atoms with Crippen LogP contribution in [0.4, 0.5) is 0 Å². The lowest BCUT2D eigenvalue weighted by Gasteiger charge is -2.14. The largest absolute Gasteiger partial charge is 0.493 e. The van der Waals surface area contributed by atoms with Gasteiger partial charge < -0.3 is 19.0 Å². The Balaban J connectivity index is 2.24. The van der Waals surface area contributed by atoms with Gasteiger partial charge in [0.1, 0.15) is 24.7 Å². The first-order chi connectivity index (χ1) is 12.9. The molecule has 0 heterocycles. The molecule has 0 aromatic heterocycles. The molecular formula is C20H29Br2NO4. The average Bonchev–Trinajstić information content (AvgIpc) is 2.58. The molecule has 0 bridgehead atoms. The van der Waals surface area contributed by atoms with Crippen LogP contribution in [0.2, 0.25) is 0 Å². The number of oxime groups is 1. The first-order valence-electron chi connectivity index (χ1n) is 8.99. The predicted octanol–water partition coefficient (Wildman–Crippen LogP) is 5.90. The highest BCUT2D eigenvalue weighted by atomic mass is 79.9. The number of benzene rings is 1. The van der Waals surface area contributed by atoms with Gasteiger partial charge in [0.05, 0.1) is 22.3 Å². The zero-order chi connectivity index (χ0) is 20.1. The molecule has 0 fully saturated rings. The van der Waals surface area contributed by atoms with Crippen LogP contribution in [0, 0.1) is 13.8 Å². The minimum absolute atomic E-state index is 0.483. The number of hydrogen-bond acceptors (Lipinski definition) is 5. The summed E-state index contributed by atoms with van der Waals surface area (Å²) in [5.41, 5.74) is 3.06. The Morgan fingerprint density at radius 1 is 0.963 bits per heavy atom. The fourth-order valence-corrected chi connectivity index (χ4v) is 2.54. The minimum atomic E-state index is 0.483. The van der Waals surface area contributed by atoms with Gasteiger partial charge in [-0.05, 0) is 102 Å². The van der Waals surface area contributed by atoms with E-state index in [0.717, 1.165) is 44.6 Å². The summed E-state index contributed by atoms with van der Waals surface area (Å²) in [6.45, 7) is 10.8. The highest BCUT2D eigenvalue weighted by molar-refractivity contribution is 9.28. The molecule has 1 rings (SSSR count). The summed E-state index contributed by atoms with van der Waals surface area (Å²) in [5.74, 6) is 1.77. The maximum absolute atomic E-state index is 5.96. The maximum Gasteiger partial charge on any atom is 0.140 e. The van der Waals surface area contributed by atoms with Crippen LogP contribution in [0.5, 0.6) is 11.5 Å². The van der Waals surface area contributed by atoms with E-state index < -0.39 is 0 Å². The summed E-state index contributed by atoms with van der Waals surface area (Å²) >= 11 is 6.63. The van der Waals surface area contributed by atoms with Crippen LogP contribution in [0.15, 0.2) is 26.8 Å². The zero-order valence-corrected chi connectivity index (χ0v) is 19.7. The molecule has 0 radical (unpaired) electrons. The molecule has 27 heavy (non-hydrogen) atoms. The van der Waals surface area contributed by atoms with Crippen molar-refractivity contribution in [3.8, 4) is 11.5 Å². The first-order valence-corrected chi connectivity index (χ1v) is 10.6. The lowest BCUT2D eigenvalue weighted by Crippen LogP contribution is -2.06. The van der Waals surface area contributed by atoms with Crippen LogP contribution in [-0.4, -0.2) is 38.7 Å². The van der Waals surface area contributed by atoms with Crippen molar-refractivity contribution < 1.29 is 19.0 Å². The summed E-state index contributed by atoms with van der Waals surface area (Å²) in [6, 6.07) is 4.00. The van der Waals surface area contributed by atoms with Gasteiger partial charge in [-0.15, -0.1) is 0 Å². The van der Waals surface area contributed by atoms with E-state index in [0.29, 0.717) is 33.0 Å². The molecule has 0 N–H and O–H groups in total. The van der Waals surface area contributed by atoms with E-state index in [1.165, 1.54) is 0 Å². The summed E-state index contributed by atoms with van der Waals surface area (Å²) in [7, 11) is 0. The maximum atomic E-state index is 5.96. The molecule has 0 aliphatic rings. The molecule has 1 aromatic rings. The fourth-order valence-electron chi connectivity index (χ4n) is 2.28. The van der Waals surface area contributed by atoms with Gasteiger partial charge in [0, 0.05) is 6.61 Å². The second-order valence-electron chi connectivity index (χ2n) is 6.23. The zero-order valence-electron chi connectivity index (χ0n) is 16.5. The molecule has 5 nitrogen and oxygen atoms in total. The quantitative estimate of drug-likeness (QED) is 0.190. The summed E-state index contributed by atoms with van der Waals surface area (Å²) < 4.78 is 18.1. The normalized spacial score (nSPS) is 10.3. The Hall–Kier alpha value is -1.05. The van der Waals surface area contributed by atoms with Crippen molar-refractivity contribution in [3.05, 3.63) is 32.7 Å². The highest BCUT2D eigenvalue weighted by Crippen LogP contribution is 2.28. The van der Waals surface area contributed by atoms with E-state index in [1.54, 1.807) is 0 Å². The Kier molecular flexibility index (Phi) is 12.5. The lowest BCUT2D eigenvalue weighted by molar-refractivity contribution is 0.0483. The van der Waals surface area contributed by atoms with Crippen molar-refractivity contribution in [3.63, 3.8) is 0 Å². The number of halogens is 2. The first kappa shape index (κ1) is 24.0. The summed E-state index contributed by atoms with van der Waals surface area (Å²) in [5, 5.41) is 3.85. The van der Waals surface area contributed by atoms with Crippen LogP contribution in [-0.2, 0) is 9.57 Å². The summed E-state index contributed by atoms with van der Waals surface area (Å²) in [6.07, 6.45) is 3.79. The Morgan fingerprint density at radius 3 is 2.26 bits per heavy atom. The molecule has 152 valence electrons. The molecule has 0 aliphatic carbocycles. The van der Waals surface area contributed by atoms with Gasteiger partial charge in [-0.1, -0.05) is 5.16 Å². The second kappa shape index (κ2) is 14.0. The molecule has 0 unspecified atom stereocenters. The number of unbranched alkanes of at least 4 members (excludes halogenated alkanes) is 1. The van der Waals surface area contributed by atoms with Gasteiger partial charge in [0.2, 0.25) is 0 Å². The van der Waals surface area contributed by atoms with Crippen LogP contribution < -0.4 is 9.47 Å². The van der Waals surface area contributed by atoms with Gasteiger partial charge in [0.15, 0.2) is 0 Å². The Bertz CT molecular complexity index is 601. The number of nitrogens with zero attached hydrogens (tertiary/aromatic N) is 1. The topological polar surface area (TPSA) is 49.3 Å². The lowest BCUT2D eigenvalue weighted by atomic mass is 10.1. The van der Waals surface area contributed by atoms with Gasteiger partial charge in [-0.3, -0.25) is 0 Å². The fraction of sp³-hybridized carbons (Fsp3) is 0.550. The number of aryl methyl sites for hydroxylation is 2. The van der Waals surface area contributed by atoms with Crippen LogP contribution in [0.25, 0.3) is 0 Å².